The average molecular weight is 321 g/mol. The Kier molecular flexibility index (Phi) is 2.59. The van der Waals surface area contributed by atoms with Crippen molar-refractivity contribution in [3.63, 3.8) is 0 Å². The third-order valence-corrected chi connectivity index (χ3v) is 4.50. The molecular weight excluding hydrogens is 309 g/mol. The van der Waals surface area contributed by atoms with E-state index < -0.39 is 0 Å². The maximum absolute atomic E-state index is 11.9. The summed E-state index contributed by atoms with van der Waals surface area (Å²) >= 11 is 3.75. The highest BCUT2D eigenvalue weighted by molar-refractivity contribution is 14.1. The molecule has 0 N–H and O–H groups in total. The Hall–Kier alpha value is -0.100. The molecule has 1 aromatic heterocycles. The molecule has 0 aromatic carbocycles. The molecule has 0 saturated carbocycles. The molecule has 2 rings (SSSR count). The first-order valence-corrected chi connectivity index (χ1v) is 6.48. The van der Waals surface area contributed by atoms with Gasteiger partial charge >= 0.3 is 0 Å². The molecule has 1 amide bonds. The second kappa shape index (κ2) is 3.48. The van der Waals surface area contributed by atoms with E-state index in [9.17, 15) is 4.79 Å². The normalized spacial score (nSPS) is 19.2. The summed E-state index contributed by atoms with van der Waals surface area (Å²) in [6, 6.07) is 1.99. The van der Waals surface area contributed by atoms with Gasteiger partial charge in [0.2, 0.25) is 0 Å². The van der Waals surface area contributed by atoms with Crippen LogP contribution in [0.15, 0.2) is 11.4 Å². The molecule has 76 valence electrons. The predicted molar refractivity (Wildman–Crippen MR) is 66.7 cm³/mol. The number of hydrogen-bond donors (Lipinski definition) is 0. The summed E-state index contributed by atoms with van der Waals surface area (Å²) in [5.74, 6) is 0.198. The number of thiophene rings is 1. The number of likely N-dealkylation sites (tertiary alicyclic amines) is 1. The lowest BCUT2D eigenvalue weighted by molar-refractivity contribution is 0.0240. The Labute approximate surface area is 101 Å². The monoisotopic (exact) mass is 321 g/mol. The van der Waals surface area contributed by atoms with Crippen LogP contribution < -0.4 is 0 Å². The minimum Gasteiger partial charge on any atom is -0.337 e. The van der Waals surface area contributed by atoms with Gasteiger partial charge in [0.05, 0.1) is 0 Å². The summed E-state index contributed by atoms with van der Waals surface area (Å²) in [6.07, 6.45) is 0. The smallest absolute Gasteiger partial charge is 0.265 e. The summed E-state index contributed by atoms with van der Waals surface area (Å²) in [4.78, 5) is 14.7. The quantitative estimate of drug-likeness (QED) is 0.729. The van der Waals surface area contributed by atoms with Crippen LogP contribution in [0.3, 0.4) is 0 Å². The van der Waals surface area contributed by atoms with Crippen molar-refractivity contribution < 1.29 is 4.79 Å². The van der Waals surface area contributed by atoms with Gasteiger partial charge in [-0.3, -0.25) is 4.79 Å². The molecule has 0 bridgehead atoms. The van der Waals surface area contributed by atoms with Crippen LogP contribution in [0.4, 0.5) is 0 Å². The van der Waals surface area contributed by atoms with Crippen LogP contribution in [0.25, 0.3) is 0 Å². The van der Waals surface area contributed by atoms with Crippen molar-refractivity contribution in [2.75, 3.05) is 13.1 Å². The number of carbonyl (C=O) groups is 1. The maximum Gasteiger partial charge on any atom is 0.265 e. The van der Waals surface area contributed by atoms with Crippen LogP contribution in [0.2, 0.25) is 0 Å². The third kappa shape index (κ3) is 1.82. The van der Waals surface area contributed by atoms with Gasteiger partial charge in [0.15, 0.2) is 0 Å². The summed E-state index contributed by atoms with van der Waals surface area (Å²) in [5, 5.41) is 1.97. The molecule has 14 heavy (non-hydrogen) atoms. The van der Waals surface area contributed by atoms with Gasteiger partial charge in [0.1, 0.15) is 4.88 Å². The van der Waals surface area contributed by atoms with E-state index in [1.54, 1.807) is 0 Å². The van der Waals surface area contributed by atoms with Crippen molar-refractivity contribution in [2.45, 2.75) is 13.8 Å². The predicted octanol–water partition coefficient (Wildman–Crippen LogP) is 2.83. The second-order valence-electron chi connectivity index (χ2n) is 4.42. The molecule has 0 spiro atoms. The number of hydrogen-bond acceptors (Lipinski definition) is 2. The van der Waals surface area contributed by atoms with Gasteiger partial charge < -0.3 is 4.90 Å². The van der Waals surface area contributed by atoms with Gasteiger partial charge in [0, 0.05) is 16.7 Å². The first-order valence-electron chi connectivity index (χ1n) is 4.52. The largest absolute Gasteiger partial charge is 0.337 e. The van der Waals surface area contributed by atoms with E-state index in [2.05, 4.69) is 36.4 Å². The molecule has 1 aliphatic rings. The molecule has 1 aromatic rings. The van der Waals surface area contributed by atoms with Crippen molar-refractivity contribution in [1.29, 1.82) is 0 Å². The number of rotatable bonds is 1. The Morgan fingerprint density at radius 1 is 1.57 bits per heavy atom. The SMILES string of the molecule is CC1(C)CN(C(=O)c2sccc2I)C1. The first kappa shape index (κ1) is 10.4. The maximum atomic E-state index is 11.9. The van der Waals surface area contributed by atoms with Crippen molar-refractivity contribution in [3.05, 3.63) is 19.9 Å². The lowest BCUT2D eigenvalue weighted by atomic mass is 9.84. The van der Waals surface area contributed by atoms with E-state index in [0.717, 1.165) is 21.5 Å². The standard InChI is InChI=1S/C10H12INOS/c1-10(2)5-12(6-10)9(13)8-7(11)3-4-14-8/h3-4H,5-6H2,1-2H3. The van der Waals surface area contributed by atoms with Crippen LogP contribution in [0.5, 0.6) is 0 Å². The molecule has 0 atom stereocenters. The van der Waals surface area contributed by atoms with E-state index in [0.29, 0.717) is 5.41 Å². The molecule has 0 radical (unpaired) electrons. The Balaban J connectivity index is 2.08. The van der Waals surface area contributed by atoms with Crippen LogP contribution in [-0.4, -0.2) is 23.9 Å². The molecule has 1 aliphatic heterocycles. The van der Waals surface area contributed by atoms with E-state index >= 15 is 0 Å². The highest BCUT2D eigenvalue weighted by Gasteiger charge is 2.38. The molecule has 0 unspecified atom stereocenters. The summed E-state index contributed by atoms with van der Waals surface area (Å²) < 4.78 is 1.07. The number of carbonyl (C=O) groups excluding carboxylic acids is 1. The molecular formula is C10H12INOS. The van der Waals surface area contributed by atoms with Crippen molar-refractivity contribution in [1.82, 2.24) is 4.90 Å². The molecule has 2 nitrogen and oxygen atoms in total. The number of nitrogens with zero attached hydrogens (tertiary/aromatic N) is 1. The van der Waals surface area contributed by atoms with Gasteiger partial charge in [0.25, 0.3) is 5.91 Å². The average Bonchev–Trinajstić information content (AvgIpc) is 2.45. The zero-order chi connectivity index (χ0) is 10.3. The number of amides is 1. The lowest BCUT2D eigenvalue weighted by Crippen LogP contribution is -2.55. The Bertz CT molecular complexity index is 364. The van der Waals surface area contributed by atoms with Crippen molar-refractivity contribution in [2.24, 2.45) is 5.41 Å². The first-order chi connectivity index (χ1) is 6.49. The zero-order valence-electron chi connectivity index (χ0n) is 8.21. The fraction of sp³-hybridized carbons (Fsp3) is 0.500. The highest BCUT2D eigenvalue weighted by Crippen LogP contribution is 2.31. The summed E-state index contributed by atoms with van der Waals surface area (Å²) in [6.45, 7) is 6.16. The van der Waals surface area contributed by atoms with E-state index in [1.165, 1.54) is 11.3 Å². The van der Waals surface area contributed by atoms with Gasteiger partial charge in [-0.1, -0.05) is 13.8 Å². The topological polar surface area (TPSA) is 20.3 Å². The van der Waals surface area contributed by atoms with E-state index in [1.807, 2.05) is 16.3 Å². The van der Waals surface area contributed by atoms with Crippen LogP contribution in [-0.2, 0) is 0 Å². The summed E-state index contributed by atoms with van der Waals surface area (Å²) in [5.41, 5.74) is 0.318. The minimum absolute atomic E-state index is 0.198. The van der Waals surface area contributed by atoms with Gasteiger partial charge in [-0.05, 0) is 39.5 Å². The summed E-state index contributed by atoms with van der Waals surface area (Å²) in [7, 11) is 0. The van der Waals surface area contributed by atoms with Crippen molar-refractivity contribution >= 4 is 39.8 Å². The van der Waals surface area contributed by atoms with E-state index in [-0.39, 0.29) is 5.91 Å². The van der Waals surface area contributed by atoms with Gasteiger partial charge in [-0.2, -0.15) is 0 Å². The second-order valence-corrected chi connectivity index (χ2v) is 6.50. The molecule has 4 heteroatoms. The fourth-order valence-corrected chi connectivity index (χ4v) is 3.51. The molecule has 1 saturated heterocycles. The van der Waals surface area contributed by atoms with E-state index in [4.69, 9.17) is 0 Å². The minimum atomic E-state index is 0.198. The lowest BCUT2D eigenvalue weighted by Gasteiger charge is -2.45. The Morgan fingerprint density at radius 2 is 2.21 bits per heavy atom. The van der Waals surface area contributed by atoms with Crippen LogP contribution in [0, 0.1) is 8.99 Å². The molecule has 2 heterocycles. The molecule has 0 aliphatic carbocycles. The van der Waals surface area contributed by atoms with Gasteiger partial charge in [-0.15, -0.1) is 11.3 Å². The highest BCUT2D eigenvalue weighted by atomic mass is 127. The number of halogens is 1. The van der Waals surface area contributed by atoms with Crippen LogP contribution in [0.1, 0.15) is 23.5 Å². The van der Waals surface area contributed by atoms with Crippen LogP contribution >= 0.6 is 33.9 Å². The fourth-order valence-electron chi connectivity index (χ4n) is 1.72. The van der Waals surface area contributed by atoms with Gasteiger partial charge in [-0.25, -0.2) is 0 Å². The molecule has 1 fully saturated rings. The third-order valence-electron chi connectivity index (χ3n) is 2.34. The van der Waals surface area contributed by atoms with Crippen molar-refractivity contribution in [3.8, 4) is 0 Å². The Morgan fingerprint density at radius 3 is 2.64 bits per heavy atom. The zero-order valence-corrected chi connectivity index (χ0v) is 11.2.